The molecule has 466 valence electrons. The van der Waals surface area contributed by atoms with Crippen LogP contribution in [0.3, 0.4) is 0 Å². The third-order valence-electron chi connectivity index (χ3n) is 15.9. The van der Waals surface area contributed by atoms with Gasteiger partial charge in [0, 0.05) is 53.6 Å². The van der Waals surface area contributed by atoms with Crippen LogP contribution in [-0.4, -0.2) is 239 Å². The van der Waals surface area contributed by atoms with E-state index in [1.54, 1.807) is 24.3 Å². The Balaban J connectivity index is 0.000000127. The van der Waals surface area contributed by atoms with E-state index in [0.717, 1.165) is 32.5 Å². The molecule has 34 heteroatoms. The molecule has 11 N–H and O–H groups in total. The van der Waals surface area contributed by atoms with Crippen molar-refractivity contribution in [3.63, 3.8) is 0 Å². The lowest BCUT2D eigenvalue weighted by Crippen LogP contribution is -2.42. The number of fused-ring (bicyclic) bond motifs is 5. The number of ether oxygens (including phenoxy) is 10. The van der Waals surface area contributed by atoms with Crippen molar-refractivity contribution in [1.29, 1.82) is 0 Å². The Morgan fingerprint density at radius 1 is 0.523 bits per heavy atom. The summed E-state index contributed by atoms with van der Waals surface area (Å²) in [5, 5.41) is 41.1. The van der Waals surface area contributed by atoms with Gasteiger partial charge in [-0.1, -0.05) is 0 Å². The van der Waals surface area contributed by atoms with Crippen molar-refractivity contribution >= 4 is 63.0 Å². The van der Waals surface area contributed by atoms with Crippen molar-refractivity contribution < 1.29 is 67.2 Å². The average Bonchev–Trinajstić information content (AvgIpc) is 2.14. The lowest BCUT2D eigenvalue weighted by molar-refractivity contribution is -0.195. The summed E-state index contributed by atoms with van der Waals surface area (Å²) < 4.78 is 64.1. The van der Waals surface area contributed by atoms with E-state index < -0.39 is 54.6 Å². The van der Waals surface area contributed by atoms with Crippen LogP contribution in [0.25, 0.3) is 33.5 Å². The van der Waals surface area contributed by atoms with Crippen LogP contribution in [0.5, 0.6) is 0 Å². The summed E-state index contributed by atoms with van der Waals surface area (Å²) in [5.74, 6) is 0.498. The van der Waals surface area contributed by atoms with Crippen LogP contribution in [0.2, 0.25) is 0 Å². The van der Waals surface area contributed by atoms with Crippen molar-refractivity contribution in [1.82, 2.24) is 79.8 Å². The maximum atomic E-state index is 11.7. The second-order valence-electron chi connectivity index (χ2n) is 22.7. The number of rotatable bonds is 14. The van der Waals surface area contributed by atoms with Gasteiger partial charge in [-0.15, -0.1) is 0 Å². The number of imidazole rings is 3. The summed E-state index contributed by atoms with van der Waals surface area (Å²) in [6.07, 6.45) is 5.26. The number of amides is 4. The molecule has 8 aliphatic heterocycles. The summed E-state index contributed by atoms with van der Waals surface area (Å²) in [4.78, 5) is 62.6. The van der Waals surface area contributed by atoms with Gasteiger partial charge < -0.3 is 101 Å². The average molecular weight is 1200 g/mol. The zero-order chi connectivity index (χ0) is 59.9. The van der Waals surface area contributed by atoms with E-state index in [0.29, 0.717) is 83.9 Å². The number of anilines is 3. The highest BCUT2D eigenvalue weighted by Crippen LogP contribution is 2.45. The molecule has 15 atom stereocenters. The number of urea groups is 2. The molecule has 0 spiro atoms. The lowest BCUT2D eigenvalue weighted by atomic mass is 10.1. The van der Waals surface area contributed by atoms with Crippen LogP contribution in [0.4, 0.5) is 27.0 Å². The normalized spacial score (nSPS) is 32.1. The molecule has 8 aliphatic rings. The molecule has 6 aromatic heterocycles. The van der Waals surface area contributed by atoms with Crippen molar-refractivity contribution in [3.8, 4) is 0 Å². The Labute approximate surface area is 492 Å². The van der Waals surface area contributed by atoms with Gasteiger partial charge in [-0.05, 0) is 47.0 Å². The van der Waals surface area contributed by atoms with Gasteiger partial charge in [-0.25, -0.2) is 54.4 Å². The number of aliphatic hydroxyl groups excluding tert-OH is 2. The number of carbonyl (C=O) groups is 2. The van der Waals surface area contributed by atoms with Gasteiger partial charge in [-0.3, -0.25) is 13.7 Å². The molecule has 15 unspecified atom stereocenters. The highest BCUT2D eigenvalue weighted by Gasteiger charge is 2.57. The Kier molecular flexibility index (Phi) is 17.3. The van der Waals surface area contributed by atoms with E-state index >= 15 is 0 Å². The van der Waals surface area contributed by atoms with Crippen LogP contribution in [0, 0.1) is 0 Å². The number of aromatic nitrogens is 12. The summed E-state index contributed by atoms with van der Waals surface area (Å²) in [6.45, 7) is 12.3. The monoisotopic (exact) mass is 1200 g/mol. The summed E-state index contributed by atoms with van der Waals surface area (Å²) in [5.41, 5.74) is 9.55. The van der Waals surface area contributed by atoms with E-state index in [-0.39, 0.29) is 73.9 Å². The standard InChI is InChI=1S/C19H27N7O5.C17H24N6O4.C16H23N7O5/c1-19(2)30-13-11(6-21-18(27)20-3)29-17(14(13)31-19)26-9-24-12-15(22-8-23-16(12)26)25-10-4-5-28-7-10;1-17(2)26-12-10(5-18)25-16(13(12)27-17)23-8-21-11-14(19-7-20-15(11)23)22-9-3-4-24-6-9;1-17-16(26)18-4-9-11(24)12(25)15(28-9)23-7-21-10-13(19-6-20-14(10)23)22-8-2-3-27-5-8/h8-11,13-14,17H,4-7H2,1-3H3,(H2,20,21,27)(H,22,23,25);7-10,12-13,16H,3-6,18H2,1-2H3,(H,19,20,22);6-9,11-12,15,24-25H,2-5H2,1H3,(H2,17,18,26)(H,19,20,22). The first-order valence-electron chi connectivity index (χ1n) is 28.8. The number of hydrogen-bond donors (Lipinski definition) is 10. The molecule has 86 heavy (non-hydrogen) atoms. The SMILES string of the molecule is CC1(C)OC2C(CN)OC(n3cnc4c(NC5CCOC5)ncnc43)C2O1.CNC(=O)NCC1OC(n2cnc3c(NC4CCOC4)ncnc32)C(O)C1O.CNC(=O)NCC1OC(n2cnc3c(NC4CCOC4)ncnc32)C2OC(C)(C)OC12. The van der Waals surface area contributed by atoms with Crippen molar-refractivity contribution in [3.05, 3.63) is 38.0 Å². The molecule has 0 aliphatic carbocycles. The quantitative estimate of drug-likeness (QED) is 0.0648. The van der Waals surface area contributed by atoms with Crippen LogP contribution in [-0.2, 0) is 47.4 Å². The molecular weight excluding hydrogens is 1130 g/mol. The summed E-state index contributed by atoms with van der Waals surface area (Å²) in [7, 11) is 3.05. The first kappa shape index (κ1) is 59.4. The van der Waals surface area contributed by atoms with Crippen molar-refractivity contribution in [2.75, 3.05) is 89.3 Å². The fraction of sp³-hybridized carbons (Fsp3) is 0.673. The zero-order valence-electron chi connectivity index (χ0n) is 48.3. The number of nitrogens with one attached hydrogen (secondary N) is 7. The lowest BCUT2D eigenvalue weighted by Gasteiger charge is -2.24. The molecule has 14 heterocycles. The molecule has 14 rings (SSSR count). The predicted octanol–water partition coefficient (Wildman–Crippen LogP) is -0.648. The van der Waals surface area contributed by atoms with Crippen molar-refractivity contribution in [2.24, 2.45) is 5.73 Å². The minimum absolute atomic E-state index is 0.0461. The van der Waals surface area contributed by atoms with Crippen LogP contribution in [0.1, 0.15) is 65.6 Å². The highest BCUT2D eigenvalue weighted by molar-refractivity contribution is 5.84. The predicted molar refractivity (Wildman–Crippen MR) is 300 cm³/mol. The molecule has 8 fully saturated rings. The first-order chi connectivity index (χ1) is 41.6. The Hall–Kier alpha value is -6.93. The van der Waals surface area contributed by atoms with Gasteiger partial charge >= 0.3 is 12.1 Å². The van der Waals surface area contributed by atoms with Gasteiger partial charge in [-0.2, -0.15) is 0 Å². The van der Waals surface area contributed by atoms with E-state index in [1.165, 1.54) is 32.4 Å². The molecule has 0 saturated carbocycles. The summed E-state index contributed by atoms with van der Waals surface area (Å²) in [6, 6.07) is -0.105. The highest BCUT2D eigenvalue weighted by atomic mass is 16.8. The summed E-state index contributed by atoms with van der Waals surface area (Å²) >= 11 is 0. The van der Waals surface area contributed by atoms with Crippen LogP contribution >= 0.6 is 0 Å². The minimum atomic E-state index is -1.21. The maximum absolute atomic E-state index is 11.7. The zero-order valence-corrected chi connectivity index (χ0v) is 48.3. The fourth-order valence-electron chi connectivity index (χ4n) is 11.8. The number of aliphatic hydroxyl groups is 2. The second-order valence-corrected chi connectivity index (χ2v) is 22.7. The molecule has 0 aromatic carbocycles. The molecular formula is C52H74N20O14. The molecule has 4 amide bonds. The van der Waals surface area contributed by atoms with E-state index in [4.69, 9.17) is 53.1 Å². The number of nitrogens with two attached hydrogens (primary N) is 1. The second kappa shape index (κ2) is 25.0. The van der Waals surface area contributed by atoms with Gasteiger partial charge in [0.05, 0.1) is 56.9 Å². The Morgan fingerprint density at radius 2 is 0.895 bits per heavy atom. The fourth-order valence-corrected chi connectivity index (χ4v) is 11.8. The minimum Gasteiger partial charge on any atom is -0.387 e. The largest absolute Gasteiger partial charge is 0.387 e. The molecule has 6 aromatic rings. The topological polar surface area (TPSA) is 408 Å². The third-order valence-corrected chi connectivity index (χ3v) is 15.9. The number of hydrogen-bond acceptors (Lipinski definition) is 27. The van der Waals surface area contributed by atoms with Gasteiger partial charge in [0.2, 0.25) is 0 Å². The van der Waals surface area contributed by atoms with E-state index in [2.05, 4.69) is 82.1 Å². The molecule has 0 radical (unpaired) electrons. The Morgan fingerprint density at radius 3 is 1.29 bits per heavy atom. The van der Waals surface area contributed by atoms with Gasteiger partial charge in [0.25, 0.3) is 0 Å². The molecule has 8 saturated heterocycles. The van der Waals surface area contributed by atoms with Crippen LogP contribution < -0.4 is 43.0 Å². The van der Waals surface area contributed by atoms with Crippen molar-refractivity contribution in [2.45, 2.75) is 150 Å². The van der Waals surface area contributed by atoms with E-state index in [9.17, 15) is 19.8 Å². The number of carbonyl (C=O) groups excluding carboxylic acids is 2. The van der Waals surface area contributed by atoms with Gasteiger partial charge in [0.15, 0.2) is 81.2 Å². The smallest absolute Gasteiger partial charge is 0.314 e. The van der Waals surface area contributed by atoms with Gasteiger partial charge in [0.1, 0.15) is 73.9 Å². The number of nitrogens with zero attached hydrogens (tertiary/aromatic N) is 12. The van der Waals surface area contributed by atoms with E-state index in [1.807, 2.05) is 36.8 Å². The van der Waals surface area contributed by atoms with Crippen LogP contribution in [0.15, 0.2) is 38.0 Å². The third kappa shape index (κ3) is 12.2. The maximum Gasteiger partial charge on any atom is 0.314 e. The Bertz CT molecular complexity index is 3320. The first-order valence-corrected chi connectivity index (χ1v) is 28.8. The molecule has 34 nitrogen and oxygen atoms in total. The molecule has 0 bridgehead atoms.